The first-order valence-electron chi connectivity index (χ1n) is 11.6. The summed E-state index contributed by atoms with van der Waals surface area (Å²) in [5.41, 5.74) is 1.07. The lowest BCUT2D eigenvalue weighted by Crippen LogP contribution is -2.50. The lowest BCUT2D eigenvalue weighted by molar-refractivity contribution is -0.132. The van der Waals surface area contributed by atoms with Crippen LogP contribution in [0.25, 0.3) is 10.9 Å². The fraction of sp³-hybridized carbons (Fsp3) is 0.560. The van der Waals surface area contributed by atoms with Gasteiger partial charge < -0.3 is 14.5 Å². The van der Waals surface area contributed by atoms with Crippen LogP contribution in [0.4, 0.5) is 0 Å². The summed E-state index contributed by atoms with van der Waals surface area (Å²) in [7, 11) is 0. The molecule has 0 aliphatic carbocycles. The number of ether oxygens (including phenoxy) is 1. The van der Waals surface area contributed by atoms with Crippen LogP contribution in [0.2, 0.25) is 0 Å². The van der Waals surface area contributed by atoms with Crippen LogP contribution in [0.1, 0.15) is 62.9 Å². The normalized spacial score (nSPS) is 23.4. The maximum atomic E-state index is 13.2. The predicted molar refractivity (Wildman–Crippen MR) is 121 cm³/mol. The lowest BCUT2D eigenvalue weighted by Gasteiger charge is -2.40. The van der Waals surface area contributed by atoms with E-state index in [1.54, 1.807) is 0 Å². The van der Waals surface area contributed by atoms with E-state index in [9.17, 15) is 9.59 Å². The van der Waals surface area contributed by atoms with Crippen molar-refractivity contribution in [1.29, 1.82) is 0 Å². The molecule has 31 heavy (non-hydrogen) atoms. The zero-order chi connectivity index (χ0) is 21.8. The van der Waals surface area contributed by atoms with Crippen LogP contribution >= 0.6 is 0 Å². The van der Waals surface area contributed by atoms with E-state index in [1.807, 2.05) is 60.0 Å². The number of nitrogens with zero attached hydrogens (tertiary/aromatic N) is 3. The Morgan fingerprint density at radius 1 is 1.16 bits per heavy atom. The van der Waals surface area contributed by atoms with Crippen LogP contribution in [-0.2, 0) is 9.53 Å². The van der Waals surface area contributed by atoms with Crippen LogP contribution in [0.15, 0.2) is 36.4 Å². The monoisotopic (exact) mass is 423 g/mol. The van der Waals surface area contributed by atoms with Gasteiger partial charge in [0, 0.05) is 31.4 Å². The Hall–Kier alpha value is -2.47. The van der Waals surface area contributed by atoms with Crippen molar-refractivity contribution < 1.29 is 14.3 Å². The van der Waals surface area contributed by atoms with Gasteiger partial charge in [-0.1, -0.05) is 24.3 Å². The number of hydrogen-bond donors (Lipinski definition) is 0. The van der Waals surface area contributed by atoms with Crippen molar-refractivity contribution in [3.63, 3.8) is 0 Å². The molecule has 0 radical (unpaired) electrons. The minimum atomic E-state index is -0.270. The third kappa shape index (κ3) is 4.74. The molecule has 1 spiro atoms. The quantitative estimate of drug-likeness (QED) is 0.704. The summed E-state index contributed by atoms with van der Waals surface area (Å²) >= 11 is 0. The van der Waals surface area contributed by atoms with Gasteiger partial charge in [0.25, 0.3) is 5.91 Å². The fourth-order valence-electron chi connectivity index (χ4n) is 5.04. The van der Waals surface area contributed by atoms with Crippen molar-refractivity contribution in [2.45, 2.75) is 64.1 Å². The minimum Gasteiger partial charge on any atom is -0.370 e. The minimum absolute atomic E-state index is 0.0198. The van der Waals surface area contributed by atoms with Gasteiger partial charge in [-0.3, -0.25) is 9.59 Å². The van der Waals surface area contributed by atoms with Gasteiger partial charge in [-0.15, -0.1) is 0 Å². The largest absolute Gasteiger partial charge is 0.370 e. The lowest BCUT2D eigenvalue weighted by atomic mass is 9.89. The average Bonchev–Trinajstić information content (AvgIpc) is 3.19. The number of carbonyl (C=O) groups excluding carboxylic acids is 2. The van der Waals surface area contributed by atoms with E-state index in [0.29, 0.717) is 18.7 Å². The van der Waals surface area contributed by atoms with E-state index in [4.69, 9.17) is 4.74 Å². The molecule has 4 rings (SSSR count). The van der Waals surface area contributed by atoms with Crippen molar-refractivity contribution in [2.75, 3.05) is 26.2 Å². The van der Waals surface area contributed by atoms with Crippen LogP contribution in [0, 0.1) is 0 Å². The third-order valence-electron chi connectivity index (χ3n) is 6.78. The van der Waals surface area contributed by atoms with Gasteiger partial charge in [0.05, 0.1) is 23.8 Å². The molecule has 2 aromatic rings. The molecule has 2 saturated heterocycles. The number of aromatic nitrogens is 1. The van der Waals surface area contributed by atoms with Crippen molar-refractivity contribution in [3.8, 4) is 0 Å². The fourth-order valence-corrected chi connectivity index (χ4v) is 5.04. The number of likely N-dealkylation sites (tertiary alicyclic amines) is 1. The molecule has 1 aromatic heterocycles. The molecule has 6 nitrogen and oxygen atoms in total. The highest BCUT2D eigenvalue weighted by Crippen LogP contribution is 2.39. The molecule has 2 aliphatic rings. The maximum Gasteiger partial charge on any atom is 0.272 e. The second kappa shape index (κ2) is 9.35. The Bertz CT molecular complexity index is 943. The summed E-state index contributed by atoms with van der Waals surface area (Å²) in [6.45, 7) is 6.89. The predicted octanol–water partition coefficient (Wildman–Crippen LogP) is 4.04. The van der Waals surface area contributed by atoms with Gasteiger partial charge in [0.2, 0.25) is 5.91 Å². The Balaban J connectivity index is 1.37. The molecule has 0 saturated carbocycles. The molecule has 2 fully saturated rings. The molecule has 166 valence electrons. The molecule has 2 aliphatic heterocycles. The summed E-state index contributed by atoms with van der Waals surface area (Å²) < 4.78 is 6.49. The first kappa shape index (κ1) is 21.8. The van der Waals surface area contributed by atoms with Crippen LogP contribution in [0.5, 0.6) is 0 Å². The number of carbonyl (C=O) groups is 2. The van der Waals surface area contributed by atoms with Crippen molar-refractivity contribution >= 4 is 22.7 Å². The SMILES string of the molecule is CCN(CC)C(=O)CC[C@H]1CC[C@]2(CCCN(C(=O)c3ccc4ccccc4n3)C2)O1. The molecule has 0 bridgehead atoms. The summed E-state index contributed by atoms with van der Waals surface area (Å²) in [5.74, 6) is 0.186. The van der Waals surface area contributed by atoms with Crippen LogP contribution in [0.3, 0.4) is 0 Å². The first-order valence-corrected chi connectivity index (χ1v) is 11.6. The van der Waals surface area contributed by atoms with Gasteiger partial charge in [0.1, 0.15) is 5.69 Å². The first-order chi connectivity index (χ1) is 15.0. The molecule has 2 atom stereocenters. The highest BCUT2D eigenvalue weighted by Gasteiger charge is 2.44. The molecule has 2 amide bonds. The summed E-state index contributed by atoms with van der Waals surface area (Å²) in [5, 5.41) is 1.04. The summed E-state index contributed by atoms with van der Waals surface area (Å²) in [6, 6.07) is 11.6. The zero-order valence-electron chi connectivity index (χ0n) is 18.7. The molecular weight excluding hydrogens is 390 g/mol. The Labute approximate surface area is 184 Å². The van der Waals surface area contributed by atoms with E-state index in [2.05, 4.69) is 4.98 Å². The van der Waals surface area contributed by atoms with Crippen molar-refractivity contribution in [3.05, 3.63) is 42.1 Å². The van der Waals surface area contributed by atoms with Gasteiger partial charge >= 0.3 is 0 Å². The standard InChI is InChI=1S/C25H33N3O3/c1-3-27(4-2)23(29)13-11-20-14-16-25(31-20)15-7-17-28(18-25)24(30)22-12-10-19-8-5-6-9-21(19)26-22/h5-6,8-10,12,20H,3-4,7,11,13-18H2,1-2H3/t20-,25-/m0/s1. The number of benzene rings is 1. The Kier molecular flexibility index (Phi) is 6.56. The second-order valence-corrected chi connectivity index (χ2v) is 8.79. The smallest absolute Gasteiger partial charge is 0.272 e. The summed E-state index contributed by atoms with van der Waals surface area (Å²) in [6.07, 6.45) is 5.22. The van der Waals surface area contributed by atoms with Gasteiger partial charge in [-0.2, -0.15) is 0 Å². The Morgan fingerprint density at radius 3 is 2.77 bits per heavy atom. The molecular formula is C25H33N3O3. The van der Waals surface area contributed by atoms with Gasteiger partial charge in [-0.05, 0) is 58.1 Å². The van der Waals surface area contributed by atoms with Crippen molar-refractivity contribution in [1.82, 2.24) is 14.8 Å². The summed E-state index contributed by atoms with van der Waals surface area (Å²) in [4.78, 5) is 33.9. The molecule has 1 aromatic carbocycles. The van der Waals surface area contributed by atoms with Crippen molar-refractivity contribution in [2.24, 2.45) is 0 Å². The van der Waals surface area contributed by atoms with Crippen LogP contribution < -0.4 is 0 Å². The third-order valence-corrected chi connectivity index (χ3v) is 6.78. The van der Waals surface area contributed by atoms with Gasteiger partial charge in [-0.25, -0.2) is 4.98 Å². The number of rotatable bonds is 6. The molecule has 0 N–H and O–H groups in total. The highest BCUT2D eigenvalue weighted by atomic mass is 16.5. The van der Waals surface area contributed by atoms with E-state index in [-0.39, 0.29) is 23.5 Å². The highest BCUT2D eigenvalue weighted by molar-refractivity contribution is 5.95. The number of amides is 2. The van der Waals surface area contributed by atoms with E-state index in [0.717, 1.165) is 62.6 Å². The van der Waals surface area contributed by atoms with E-state index in [1.165, 1.54) is 0 Å². The number of piperidine rings is 1. The number of pyridine rings is 1. The number of para-hydroxylation sites is 1. The van der Waals surface area contributed by atoms with Crippen LogP contribution in [-0.4, -0.2) is 64.5 Å². The molecule has 0 unspecified atom stereocenters. The zero-order valence-corrected chi connectivity index (χ0v) is 18.7. The second-order valence-electron chi connectivity index (χ2n) is 8.79. The van der Waals surface area contributed by atoms with E-state index < -0.39 is 0 Å². The molecule has 6 heteroatoms. The maximum absolute atomic E-state index is 13.2. The Morgan fingerprint density at radius 2 is 1.97 bits per heavy atom. The number of fused-ring (bicyclic) bond motifs is 1. The number of hydrogen-bond acceptors (Lipinski definition) is 4. The average molecular weight is 424 g/mol. The van der Waals surface area contributed by atoms with Gasteiger partial charge in [0.15, 0.2) is 0 Å². The van der Waals surface area contributed by atoms with E-state index >= 15 is 0 Å². The molecule has 3 heterocycles. The topological polar surface area (TPSA) is 62.7 Å².